The zero-order valence-corrected chi connectivity index (χ0v) is 20.4. The first kappa shape index (κ1) is 23.8. The van der Waals surface area contributed by atoms with Gasteiger partial charge in [0.2, 0.25) is 0 Å². The van der Waals surface area contributed by atoms with Gasteiger partial charge in [0.25, 0.3) is 0 Å². The summed E-state index contributed by atoms with van der Waals surface area (Å²) in [7, 11) is 0. The summed E-state index contributed by atoms with van der Waals surface area (Å²) in [5, 5.41) is 1.38. The van der Waals surface area contributed by atoms with Crippen molar-refractivity contribution >= 4 is 28.9 Å². The van der Waals surface area contributed by atoms with E-state index in [2.05, 4.69) is 40.8 Å². The van der Waals surface area contributed by atoms with Crippen molar-refractivity contribution in [3.05, 3.63) is 87.9 Å². The highest BCUT2D eigenvalue weighted by Crippen LogP contribution is 2.37. The number of pyridine rings is 1. The molecule has 33 heavy (non-hydrogen) atoms. The normalized spacial score (nSPS) is 16.9. The Morgan fingerprint density at radius 1 is 1.06 bits per heavy atom. The standard InChI is InChI=1S/C26H28Cl2FN3O/c1-18(2)17-33-23-9-10-25(24(28)13-23)32-12-11-31(15-22-8-7-21(29)14-30-22)16-26(32)19-3-5-20(27)6-4-19/h3-10,13-14,18,26H,11-12,15-17H2,1-2H3/t26-/m0/s1. The minimum absolute atomic E-state index is 0.0800. The van der Waals surface area contributed by atoms with Crippen molar-refractivity contribution < 1.29 is 9.13 Å². The molecule has 1 aliphatic rings. The van der Waals surface area contributed by atoms with Crippen LogP contribution in [-0.2, 0) is 6.54 Å². The van der Waals surface area contributed by atoms with Crippen LogP contribution in [-0.4, -0.2) is 36.1 Å². The van der Waals surface area contributed by atoms with Gasteiger partial charge in [0.15, 0.2) is 0 Å². The largest absolute Gasteiger partial charge is 0.493 e. The van der Waals surface area contributed by atoms with E-state index in [-0.39, 0.29) is 11.9 Å². The zero-order valence-electron chi connectivity index (χ0n) is 18.8. The third kappa shape index (κ3) is 6.17. The summed E-state index contributed by atoms with van der Waals surface area (Å²) in [5.74, 6) is 0.904. The number of benzene rings is 2. The molecule has 1 aromatic heterocycles. The average Bonchev–Trinajstić information content (AvgIpc) is 2.80. The molecule has 0 spiro atoms. The predicted molar refractivity (Wildman–Crippen MR) is 133 cm³/mol. The lowest BCUT2D eigenvalue weighted by atomic mass is 10.0. The van der Waals surface area contributed by atoms with Gasteiger partial charge < -0.3 is 9.64 Å². The Hall–Kier alpha value is -2.34. The summed E-state index contributed by atoms with van der Waals surface area (Å²) in [4.78, 5) is 8.91. The molecule has 0 unspecified atom stereocenters. The Kier molecular flexibility index (Phi) is 7.74. The van der Waals surface area contributed by atoms with E-state index in [4.69, 9.17) is 27.9 Å². The summed E-state index contributed by atoms with van der Waals surface area (Å²) in [6.07, 6.45) is 1.27. The molecule has 1 atom stereocenters. The number of nitrogens with zero attached hydrogens (tertiary/aromatic N) is 3. The fourth-order valence-corrected chi connectivity index (χ4v) is 4.45. The minimum Gasteiger partial charge on any atom is -0.493 e. The maximum atomic E-state index is 13.3. The fraction of sp³-hybridized carbons (Fsp3) is 0.346. The smallest absolute Gasteiger partial charge is 0.141 e. The second-order valence-electron chi connectivity index (χ2n) is 8.78. The van der Waals surface area contributed by atoms with E-state index in [0.29, 0.717) is 29.1 Å². The van der Waals surface area contributed by atoms with E-state index in [1.165, 1.54) is 12.3 Å². The highest BCUT2D eigenvalue weighted by Gasteiger charge is 2.30. The van der Waals surface area contributed by atoms with Crippen LogP contribution in [0, 0.1) is 11.7 Å². The van der Waals surface area contributed by atoms with Crippen LogP contribution in [0.3, 0.4) is 0 Å². The van der Waals surface area contributed by atoms with Gasteiger partial charge in [-0.25, -0.2) is 4.39 Å². The maximum absolute atomic E-state index is 13.3. The number of hydrogen-bond donors (Lipinski definition) is 0. The van der Waals surface area contributed by atoms with Crippen LogP contribution in [0.1, 0.15) is 31.1 Å². The molecule has 0 bridgehead atoms. The Bertz CT molecular complexity index is 1060. The summed E-state index contributed by atoms with van der Waals surface area (Å²) >= 11 is 12.9. The molecule has 1 fully saturated rings. The van der Waals surface area contributed by atoms with E-state index in [1.807, 2.05) is 30.3 Å². The Morgan fingerprint density at radius 2 is 1.85 bits per heavy atom. The first-order valence-corrected chi connectivity index (χ1v) is 11.9. The van der Waals surface area contributed by atoms with Gasteiger partial charge in [-0.3, -0.25) is 9.88 Å². The van der Waals surface area contributed by atoms with Crippen LogP contribution in [0.25, 0.3) is 0 Å². The van der Waals surface area contributed by atoms with Gasteiger partial charge in [-0.2, -0.15) is 0 Å². The Balaban J connectivity index is 1.57. The molecule has 1 aliphatic heterocycles. The molecule has 174 valence electrons. The molecule has 7 heteroatoms. The molecule has 0 radical (unpaired) electrons. The molecular formula is C26H28Cl2FN3O. The lowest BCUT2D eigenvalue weighted by molar-refractivity contribution is 0.213. The summed E-state index contributed by atoms with van der Waals surface area (Å²) in [6, 6.07) is 17.2. The quantitative estimate of drug-likeness (QED) is 0.374. The molecule has 2 heterocycles. The van der Waals surface area contributed by atoms with Crippen LogP contribution in [0.5, 0.6) is 5.75 Å². The van der Waals surface area contributed by atoms with Gasteiger partial charge in [-0.05, 0) is 47.9 Å². The number of halogens is 3. The molecule has 0 N–H and O–H groups in total. The van der Waals surface area contributed by atoms with Crippen molar-refractivity contribution in [1.29, 1.82) is 0 Å². The lowest BCUT2D eigenvalue weighted by Crippen LogP contribution is -2.48. The van der Waals surface area contributed by atoms with Crippen LogP contribution in [0.15, 0.2) is 60.8 Å². The first-order chi connectivity index (χ1) is 15.9. The van der Waals surface area contributed by atoms with E-state index in [0.717, 1.165) is 42.3 Å². The van der Waals surface area contributed by atoms with Crippen molar-refractivity contribution in [3.63, 3.8) is 0 Å². The van der Waals surface area contributed by atoms with Gasteiger partial charge >= 0.3 is 0 Å². The highest BCUT2D eigenvalue weighted by molar-refractivity contribution is 6.33. The average molecular weight is 488 g/mol. The molecule has 4 rings (SSSR count). The summed E-state index contributed by atoms with van der Waals surface area (Å²) in [6.45, 7) is 7.96. The molecule has 3 aromatic rings. The van der Waals surface area contributed by atoms with Crippen molar-refractivity contribution in [1.82, 2.24) is 9.88 Å². The van der Waals surface area contributed by atoms with Crippen molar-refractivity contribution in [2.45, 2.75) is 26.4 Å². The van der Waals surface area contributed by atoms with Crippen LogP contribution < -0.4 is 9.64 Å². The van der Waals surface area contributed by atoms with Crippen molar-refractivity contribution in [3.8, 4) is 5.75 Å². The molecule has 1 saturated heterocycles. The molecule has 4 nitrogen and oxygen atoms in total. The number of ether oxygens (including phenoxy) is 1. The predicted octanol–water partition coefficient (Wildman–Crippen LogP) is 6.63. The fourth-order valence-electron chi connectivity index (χ4n) is 4.04. The second kappa shape index (κ2) is 10.7. The second-order valence-corrected chi connectivity index (χ2v) is 9.63. The molecule has 0 aliphatic carbocycles. The highest BCUT2D eigenvalue weighted by atomic mass is 35.5. The monoisotopic (exact) mass is 487 g/mol. The molecule has 0 amide bonds. The van der Waals surface area contributed by atoms with E-state index < -0.39 is 0 Å². The van der Waals surface area contributed by atoms with Gasteiger partial charge in [0.05, 0.1) is 35.2 Å². The van der Waals surface area contributed by atoms with Crippen LogP contribution in [0.4, 0.5) is 10.1 Å². The van der Waals surface area contributed by atoms with Crippen LogP contribution >= 0.6 is 23.2 Å². The Labute approximate surface area is 204 Å². The number of aromatic nitrogens is 1. The number of piperazine rings is 1. The van der Waals surface area contributed by atoms with Gasteiger partial charge in [-0.1, -0.05) is 49.2 Å². The van der Waals surface area contributed by atoms with Gasteiger partial charge in [0.1, 0.15) is 11.6 Å². The number of anilines is 1. The Morgan fingerprint density at radius 3 is 2.52 bits per heavy atom. The first-order valence-electron chi connectivity index (χ1n) is 11.2. The summed E-state index contributed by atoms with van der Waals surface area (Å²) < 4.78 is 19.1. The van der Waals surface area contributed by atoms with Crippen molar-refractivity contribution in [2.24, 2.45) is 5.92 Å². The van der Waals surface area contributed by atoms with Crippen LogP contribution in [0.2, 0.25) is 10.0 Å². The SMILES string of the molecule is CC(C)COc1ccc(N2CCN(Cc3ccc(F)cn3)C[C@H]2c2ccc(Cl)cc2)c(Cl)c1. The van der Waals surface area contributed by atoms with E-state index in [9.17, 15) is 4.39 Å². The minimum atomic E-state index is -0.321. The topological polar surface area (TPSA) is 28.6 Å². The molecule has 0 saturated carbocycles. The number of hydrogen-bond acceptors (Lipinski definition) is 4. The van der Waals surface area contributed by atoms with E-state index in [1.54, 1.807) is 6.07 Å². The number of rotatable bonds is 7. The summed E-state index contributed by atoms with van der Waals surface area (Å²) in [5.41, 5.74) is 2.99. The third-order valence-corrected chi connectivity index (χ3v) is 6.26. The maximum Gasteiger partial charge on any atom is 0.141 e. The van der Waals surface area contributed by atoms with Gasteiger partial charge in [0, 0.05) is 37.3 Å². The zero-order chi connectivity index (χ0) is 23.4. The van der Waals surface area contributed by atoms with Gasteiger partial charge in [-0.15, -0.1) is 0 Å². The molecular weight excluding hydrogens is 460 g/mol. The third-order valence-electron chi connectivity index (χ3n) is 5.71. The lowest BCUT2D eigenvalue weighted by Gasteiger charge is -2.43. The molecule has 2 aromatic carbocycles. The van der Waals surface area contributed by atoms with E-state index >= 15 is 0 Å². The van der Waals surface area contributed by atoms with Crippen molar-refractivity contribution in [2.75, 3.05) is 31.1 Å².